The molecule has 0 unspecified atom stereocenters. The first kappa shape index (κ1) is 17.5. The summed E-state index contributed by atoms with van der Waals surface area (Å²) in [5, 5.41) is 5.93. The Morgan fingerprint density at radius 1 is 0.846 bits per heavy atom. The normalized spacial score (nSPS) is 11.5. The number of carbonyl (C=O) groups is 1. The average Bonchev–Trinajstić information content (AvgIpc) is 2.68. The molecule has 0 radical (unpaired) electrons. The highest BCUT2D eigenvalue weighted by Crippen LogP contribution is 2.25. The molecular formula is C22H22N2O2. The maximum absolute atomic E-state index is 12.6. The minimum atomic E-state index is -0.288. The number of nitrogens with one attached hydrogen (secondary N) is 2. The largest absolute Gasteiger partial charge is 0.495 e. The van der Waals surface area contributed by atoms with Crippen molar-refractivity contribution in [2.45, 2.75) is 13.0 Å². The number of benzene rings is 3. The third kappa shape index (κ3) is 4.22. The molecule has 0 aliphatic carbocycles. The van der Waals surface area contributed by atoms with Crippen molar-refractivity contribution < 1.29 is 9.53 Å². The van der Waals surface area contributed by atoms with Crippen molar-refractivity contribution in [3.8, 4) is 5.75 Å². The second-order valence-corrected chi connectivity index (χ2v) is 6.05. The molecule has 3 rings (SSSR count). The van der Waals surface area contributed by atoms with E-state index in [1.807, 2.05) is 85.8 Å². The lowest BCUT2D eigenvalue weighted by Gasteiger charge is -2.21. The Hall–Kier alpha value is -3.27. The Balaban J connectivity index is 1.83. The van der Waals surface area contributed by atoms with Crippen molar-refractivity contribution >= 4 is 11.7 Å². The van der Waals surface area contributed by atoms with Crippen LogP contribution in [0.1, 0.15) is 22.7 Å². The molecule has 0 heterocycles. The standard InChI is InChI=1S/C22H22N2O2/c1-16-12-14-18(15-13-16)21(17-8-4-3-5-9-17)24-22(25)23-19-10-6-7-11-20(19)26-2/h3-15,21H,1-2H3,(H2,23,24,25)/t21-/m0/s1. The van der Waals surface area contributed by atoms with E-state index in [2.05, 4.69) is 10.6 Å². The summed E-state index contributed by atoms with van der Waals surface area (Å²) in [4.78, 5) is 12.6. The van der Waals surface area contributed by atoms with Gasteiger partial charge in [-0.3, -0.25) is 0 Å². The van der Waals surface area contributed by atoms with Crippen LogP contribution in [-0.4, -0.2) is 13.1 Å². The second kappa shape index (κ2) is 8.21. The number of amides is 2. The maximum atomic E-state index is 12.6. The Bertz CT molecular complexity index is 861. The number of methoxy groups -OCH3 is 1. The first-order valence-electron chi connectivity index (χ1n) is 8.49. The smallest absolute Gasteiger partial charge is 0.320 e. The molecule has 0 aliphatic rings. The molecule has 0 aliphatic heterocycles. The number of hydrogen-bond acceptors (Lipinski definition) is 2. The molecule has 0 aromatic heterocycles. The van der Waals surface area contributed by atoms with Gasteiger partial charge in [-0.05, 0) is 30.2 Å². The zero-order chi connectivity index (χ0) is 18.4. The SMILES string of the molecule is COc1ccccc1NC(=O)N[C@@H](c1ccccc1)c1ccc(C)cc1. The number of para-hydroxylation sites is 2. The van der Waals surface area contributed by atoms with Crippen LogP contribution in [0.2, 0.25) is 0 Å². The molecule has 0 fully saturated rings. The summed E-state index contributed by atoms with van der Waals surface area (Å²) >= 11 is 0. The number of hydrogen-bond donors (Lipinski definition) is 2. The lowest BCUT2D eigenvalue weighted by Crippen LogP contribution is -2.33. The van der Waals surface area contributed by atoms with Gasteiger partial charge in [0.2, 0.25) is 0 Å². The average molecular weight is 346 g/mol. The van der Waals surface area contributed by atoms with E-state index in [9.17, 15) is 4.79 Å². The molecule has 132 valence electrons. The van der Waals surface area contributed by atoms with Crippen LogP contribution >= 0.6 is 0 Å². The van der Waals surface area contributed by atoms with Crippen LogP contribution in [0.25, 0.3) is 0 Å². The van der Waals surface area contributed by atoms with Gasteiger partial charge in [-0.15, -0.1) is 0 Å². The highest BCUT2D eigenvalue weighted by Gasteiger charge is 2.17. The zero-order valence-corrected chi connectivity index (χ0v) is 14.9. The number of aryl methyl sites for hydroxylation is 1. The van der Waals surface area contributed by atoms with E-state index < -0.39 is 0 Å². The topological polar surface area (TPSA) is 50.4 Å². The third-order valence-corrected chi connectivity index (χ3v) is 4.17. The predicted molar refractivity (Wildman–Crippen MR) is 105 cm³/mol. The van der Waals surface area contributed by atoms with Crippen LogP contribution in [0.15, 0.2) is 78.9 Å². The molecule has 2 amide bonds. The van der Waals surface area contributed by atoms with Gasteiger partial charge in [0.15, 0.2) is 0 Å². The van der Waals surface area contributed by atoms with E-state index in [1.165, 1.54) is 5.56 Å². The number of carbonyl (C=O) groups excluding carboxylic acids is 1. The Morgan fingerprint density at radius 3 is 2.15 bits per heavy atom. The fourth-order valence-corrected chi connectivity index (χ4v) is 2.80. The van der Waals surface area contributed by atoms with Crippen LogP contribution in [0, 0.1) is 6.92 Å². The van der Waals surface area contributed by atoms with E-state index in [1.54, 1.807) is 7.11 Å². The van der Waals surface area contributed by atoms with Gasteiger partial charge in [0, 0.05) is 0 Å². The van der Waals surface area contributed by atoms with Gasteiger partial charge in [-0.25, -0.2) is 4.79 Å². The number of ether oxygens (including phenoxy) is 1. The summed E-state index contributed by atoms with van der Waals surface area (Å²) in [5.74, 6) is 0.620. The number of anilines is 1. The summed E-state index contributed by atoms with van der Waals surface area (Å²) in [6.07, 6.45) is 0. The van der Waals surface area contributed by atoms with Gasteiger partial charge < -0.3 is 15.4 Å². The highest BCUT2D eigenvalue weighted by molar-refractivity contribution is 5.91. The van der Waals surface area contributed by atoms with Gasteiger partial charge in [0.1, 0.15) is 5.75 Å². The lowest BCUT2D eigenvalue weighted by molar-refractivity contribution is 0.250. The van der Waals surface area contributed by atoms with E-state index in [4.69, 9.17) is 4.74 Å². The summed E-state index contributed by atoms with van der Waals surface area (Å²) in [7, 11) is 1.58. The molecule has 2 N–H and O–H groups in total. The van der Waals surface area contributed by atoms with Gasteiger partial charge in [0.05, 0.1) is 18.8 Å². The van der Waals surface area contributed by atoms with Crippen molar-refractivity contribution in [2.24, 2.45) is 0 Å². The molecule has 0 saturated carbocycles. The van der Waals surface area contributed by atoms with E-state index in [0.717, 1.165) is 11.1 Å². The molecule has 0 spiro atoms. The molecule has 4 heteroatoms. The summed E-state index contributed by atoms with van der Waals surface area (Å²) in [6.45, 7) is 2.04. The van der Waals surface area contributed by atoms with Crippen molar-refractivity contribution in [3.05, 3.63) is 95.6 Å². The van der Waals surface area contributed by atoms with Crippen molar-refractivity contribution in [1.82, 2.24) is 5.32 Å². The van der Waals surface area contributed by atoms with E-state index in [-0.39, 0.29) is 12.1 Å². The van der Waals surface area contributed by atoms with Crippen LogP contribution in [0.5, 0.6) is 5.75 Å². The van der Waals surface area contributed by atoms with Gasteiger partial charge in [0.25, 0.3) is 0 Å². The van der Waals surface area contributed by atoms with E-state index in [0.29, 0.717) is 11.4 Å². The first-order valence-corrected chi connectivity index (χ1v) is 8.49. The molecule has 0 bridgehead atoms. The van der Waals surface area contributed by atoms with Crippen LogP contribution in [-0.2, 0) is 0 Å². The summed E-state index contributed by atoms with van der Waals surface area (Å²) in [5.41, 5.74) is 3.85. The maximum Gasteiger partial charge on any atom is 0.320 e. The van der Waals surface area contributed by atoms with Gasteiger partial charge in [-0.2, -0.15) is 0 Å². The zero-order valence-electron chi connectivity index (χ0n) is 14.9. The predicted octanol–water partition coefficient (Wildman–Crippen LogP) is 4.91. The monoisotopic (exact) mass is 346 g/mol. The number of urea groups is 1. The van der Waals surface area contributed by atoms with Gasteiger partial charge in [-0.1, -0.05) is 72.3 Å². The second-order valence-electron chi connectivity index (χ2n) is 6.05. The molecule has 3 aromatic rings. The molecular weight excluding hydrogens is 324 g/mol. The molecule has 0 saturated heterocycles. The summed E-state index contributed by atoms with van der Waals surface area (Å²) in [6, 6.07) is 24.9. The molecule has 26 heavy (non-hydrogen) atoms. The van der Waals surface area contributed by atoms with Crippen molar-refractivity contribution in [3.63, 3.8) is 0 Å². The third-order valence-electron chi connectivity index (χ3n) is 4.17. The quantitative estimate of drug-likeness (QED) is 0.689. The van der Waals surface area contributed by atoms with Gasteiger partial charge >= 0.3 is 6.03 Å². The Morgan fingerprint density at radius 2 is 1.46 bits per heavy atom. The summed E-state index contributed by atoms with van der Waals surface area (Å²) < 4.78 is 5.29. The Kier molecular flexibility index (Phi) is 5.54. The first-order chi connectivity index (χ1) is 12.7. The fraction of sp³-hybridized carbons (Fsp3) is 0.136. The van der Waals surface area contributed by atoms with Crippen LogP contribution in [0.3, 0.4) is 0 Å². The van der Waals surface area contributed by atoms with E-state index >= 15 is 0 Å². The molecule has 1 atom stereocenters. The number of rotatable bonds is 5. The minimum absolute atomic E-state index is 0.244. The van der Waals surface area contributed by atoms with Crippen molar-refractivity contribution in [2.75, 3.05) is 12.4 Å². The Labute approximate surface area is 153 Å². The highest BCUT2D eigenvalue weighted by atomic mass is 16.5. The minimum Gasteiger partial charge on any atom is -0.495 e. The lowest BCUT2D eigenvalue weighted by atomic mass is 9.98. The fourth-order valence-electron chi connectivity index (χ4n) is 2.80. The molecule has 3 aromatic carbocycles. The molecule has 4 nitrogen and oxygen atoms in total. The van der Waals surface area contributed by atoms with Crippen molar-refractivity contribution in [1.29, 1.82) is 0 Å². The van der Waals surface area contributed by atoms with Crippen LogP contribution in [0.4, 0.5) is 10.5 Å². The van der Waals surface area contributed by atoms with Crippen LogP contribution < -0.4 is 15.4 Å².